The van der Waals surface area contributed by atoms with Crippen LogP contribution in [0.1, 0.15) is 12.8 Å². The fourth-order valence-corrected chi connectivity index (χ4v) is 2.17. The van der Waals surface area contributed by atoms with Crippen LogP contribution in [0, 0.1) is 5.92 Å². The molecule has 1 aromatic rings. The van der Waals surface area contributed by atoms with Gasteiger partial charge in [-0.25, -0.2) is 0 Å². The molecule has 4 nitrogen and oxygen atoms in total. The van der Waals surface area contributed by atoms with Crippen LogP contribution in [0.2, 0.25) is 0 Å². The van der Waals surface area contributed by atoms with Crippen LogP contribution in [0.15, 0.2) is 16.9 Å². The molecular formula is C11H15BrN2O2. The van der Waals surface area contributed by atoms with Crippen molar-refractivity contribution in [1.29, 1.82) is 0 Å². The minimum atomic E-state index is 0.563. The molecule has 1 saturated heterocycles. The lowest BCUT2D eigenvalue weighted by Crippen LogP contribution is -2.21. The Labute approximate surface area is 103 Å². The van der Waals surface area contributed by atoms with Crippen molar-refractivity contribution in [2.45, 2.75) is 12.8 Å². The molecule has 16 heavy (non-hydrogen) atoms. The first-order chi connectivity index (χ1) is 7.77. The van der Waals surface area contributed by atoms with Gasteiger partial charge < -0.3 is 15.2 Å². The molecule has 0 aliphatic carbocycles. The highest BCUT2D eigenvalue weighted by molar-refractivity contribution is 9.10. The Morgan fingerprint density at radius 3 is 2.88 bits per heavy atom. The number of nitrogens with zero attached hydrogens (tertiary/aromatic N) is 1. The topological polar surface area (TPSA) is 57.4 Å². The van der Waals surface area contributed by atoms with Crippen LogP contribution in [0.25, 0.3) is 0 Å². The summed E-state index contributed by atoms with van der Waals surface area (Å²) >= 11 is 3.38. The highest BCUT2D eigenvalue weighted by atomic mass is 79.9. The van der Waals surface area contributed by atoms with Gasteiger partial charge in [0.25, 0.3) is 0 Å². The number of hydrogen-bond acceptors (Lipinski definition) is 4. The number of ether oxygens (including phenoxy) is 2. The maximum Gasteiger partial charge on any atom is 0.159 e. The van der Waals surface area contributed by atoms with E-state index in [-0.39, 0.29) is 0 Å². The summed E-state index contributed by atoms with van der Waals surface area (Å²) in [5.41, 5.74) is 6.37. The highest BCUT2D eigenvalue weighted by Crippen LogP contribution is 2.30. The smallest absolute Gasteiger partial charge is 0.159 e. The number of nitrogens with two attached hydrogens (primary N) is 1. The molecule has 2 rings (SSSR count). The number of aromatic nitrogens is 1. The highest BCUT2D eigenvalue weighted by Gasteiger charge is 2.15. The molecule has 0 atom stereocenters. The van der Waals surface area contributed by atoms with Gasteiger partial charge in [-0.2, -0.15) is 0 Å². The van der Waals surface area contributed by atoms with E-state index >= 15 is 0 Å². The molecule has 0 saturated carbocycles. The van der Waals surface area contributed by atoms with Crippen LogP contribution >= 0.6 is 15.9 Å². The minimum absolute atomic E-state index is 0.563. The fraction of sp³-hybridized carbons (Fsp3) is 0.545. The molecule has 0 spiro atoms. The number of pyridine rings is 1. The number of halogens is 1. The second-order valence-corrected chi connectivity index (χ2v) is 4.76. The predicted molar refractivity (Wildman–Crippen MR) is 65.4 cm³/mol. The number of anilines is 1. The van der Waals surface area contributed by atoms with E-state index in [1.807, 2.05) is 0 Å². The molecule has 0 aromatic carbocycles. The lowest BCUT2D eigenvalue weighted by molar-refractivity contribution is 0.0497. The van der Waals surface area contributed by atoms with Crippen molar-refractivity contribution in [1.82, 2.24) is 4.98 Å². The SMILES string of the molecule is Nc1cncc(Br)c1OCC1CCOCC1. The van der Waals surface area contributed by atoms with Crippen LogP contribution in [-0.2, 0) is 4.74 Å². The summed E-state index contributed by atoms with van der Waals surface area (Å²) in [6.07, 6.45) is 5.41. The summed E-state index contributed by atoms with van der Waals surface area (Å²) < 4.78 is 11.8. The van der Waals surface area contributed by atoms with E-state index in [4.69, 9.17) is 15.2 Å². The Morgan fingerprint density at radius 1 is 1.44 bits per heavy atom. The van der Waals surface area contributed by atoms with Crippen LogP contribution in [0.5, 0.6) is 5.75 Å². The summed E-state index contributed by atoms with van der Waals surface area (Å²) in [7, 11) is 0. The quantitative estimate of drug-likeness (QED) is 0.926. The molecule has 1 aromatic heterocycles. The molecule has 0 amide bonds. The average molecular weight is 287 g/mol. The third-order valence-corrected chi connectivity index (χ3v) is 3.25. The Kier molecular flexibility index (Phi) is 4.01. The predicted octanol–water partition coefficient (Wildman–Crippen LogP) is 2.23. The Balaban J connectivity index is 1.93. The Morgan fingerprint density at radius 2 is 2.19 bits per heavy atom. The van der Waals surface area contributed by atoms with E-state index in [9.17, 15) is 0 Å². The zero-order valence-electron chi connectivity index (χ0n) is 8.99. The van der Waals surface area contributed by atoms with Gasteiger partial charge in [0.2, 0.25) is 0 Å². The van der Waals surface area contributed by atoms with Gasteiger partial charge >= 0.3 is 0 Å². The maximum absolute atomic E-state index is 5.79. The van der Waals surface area contributed by atoms with Gasteiger partial charge in [-0.05, 0) is 34.7 Å². The van der Waals surface area contributed by atoms with Gasteiger partial charge in [-0.1, -0.05) is 0 Å². The maximum atomic E-state index is 5.79. The zero-order valence-corrected chi connectivity index (χ0v) is 10.6. The van der Waals surface area contributed by atoms with Gasteiger partial charge in [0.1, 0.15) is 0 Å². The number of nitrogen functional groups attached to an aromatic ring is 1. The van der Waals surface area contributed by atoms with E-state index in [1.165, 1.54) is 0 Å². The first-order valence-corrected chi connectivity index (χ1v) is 6.16. The molecule has 0 unspecified atom stereocenters. The van der Waals surface area contributed by atoms with E-state index in [0.717, 1.165) is 30.5 Å². The first kappa shape index (κ1) is 11.7. The van der Waals surface area contributed by atoms with Crippen molar-refractivity contribution < 1.29 is 9.47 Å². The van der Waals surface area contributed by atoms with Gasteiger partial charge in [-0.15, -0.1) is 0 Å². The van der Waals surface area contributed by atoms with E-state index in [2.05, 4.69) is 20.9 Å². The number of rotatable bonds is 3. The lowest BCUT2D eigenvalue weighted by Gasteiger charge is -2.22. The Hall–Kier alpha value is -0.810. The molecule has 1 aliphatic heterocycles. The zero-order chi connectivity index (χ0) is 11.4. The fourth-order valence-electron chi connectivity index (χ4n) is 1.70. The van der Waals surface area contributed by atoms with Gasteiger partial charge in [0.15, 0.2) is 5.75 Å². The molecule has 0 radical (unpaired) electrons. The van der Waals surface area contributed by atoms with Crippen LogP contribution in [0.4, 0.5) is 5.69 Å². The number of hydrogen-bond donors (Lipinski definition) is 1. The molecule has 0 bridgehead atoms. The minimum Gasteiger partial charge on any atom is -0.490 e. The molecule has 5 heteroatoms. The van der Waals surface area contributed by atoms with Crippen LogP contribution in [0.3, 0.4) is 0 Å². The van der Waals surface area contributed by atoms with Crippen molar-refractivity contribution in [3.8, 4) is 5.75 Å². The third-order valence-electron chi connectivity index (χ3n) is 2.68. The van der Waals surface area contributed by atoms with Crippen molar-refractivity contribution in [3.63, 3.8) is 0 Å². The molecule has 2 N–H and O–H groups in total. The molecule has 2 heterocycles. The normalized spacial score (nSPS) is 17.3. The van der Waals surface area contributed by atoms with Gasteiger partial charge in [0.05, 0.1) is 23.0 Å². The summed E-state index contributed by atoms with van der Waals surface area (Å²) in [6, 6.07) is 0. The van der Waals surface area contributed by atoms with Crippen molar-refractivity contribution >= 4 is 21.6 Å². The summed E-state index contributed by atoms with van der Waals surface area (Å²) in [6.45, 7) is 2.36. The van der Waals surface area contributed by atoms with Crippen molar-refractivity contribution in [2.75, 3.05) is 25.6 Å². The average Bonchev–Trinajstić information content (AvgIpc) is 2.30. The van der Waals surface area contributed by atoms with E-state index < -0.39 is 0 Å². The molecule has 88 valence electrons. The molecule has 1 aliphatic rings. The van der Waals surface area contributed by atoms with Crippen molar-refractivity contribution in [3.05, 3.63) is 16.9 Å². The van der Waals surface area contributed by atoms with Gasteiger partial charge in [-0.3, -0.25) is 4.98 Å². The third kappa shape index (κ3) is 2.86. The molecular weight excluding hydrogens is 272 g/mol. The summed E-state index contributed by atoms with van der Waals surface area (Å²) in [5.74, 6) is 1.26. The summed E-state index contributed by atoms with van der Waals surface area (Å²) in [4.78, 5) is 3.97. The second-order valence-electron chi connectivity index (χ2n) is 3.91. The lowest BCUT2D eigenvalue weighted by atomic mass is 10.0. The van der Waals surface area contributed by atoms with E-state index in [0.29, 0.717) is 24.0 Å². The van der Waals surface area contributed by atoms with E-state index in [1.54, 1.807) is 12.4 Å². The monoisotopic (exact) mass is 286 g/mol. The largest absolute Gasteiger partial charge is 0.490 e. The standard InChI is InChI=1S/C11H15BrN2O2/c12-9-5-14-6-10(13)11(9)16-7-8-1-3-15-4-2-8/h5-6,8H,1-4,7,13H2. The first-order valence-electron chi connectivity index (χ1n) is 5.37. The van der Waals surface area contributed by atoms with Crippen LogP contribution in [-0.4, -0.2) is 24.8 Å². The van der Waals surface area contributed by atoms with Crippen LogP contribution < -0.4 is 10.5 Å². The molecule has 1 fully saturated rings. The van der Waals surface area contributed by atoms with Gasteiger partial charge in [0, 0.05) is 19.4 Å². The summed E-state index contributed by atoms with van der Waals surface area (Å²) in [5, 5.41) is 0. The second kappa shape index (κ2) is 5.50. The Bertz CT molecular complexity index is 334. The van der Waals surface area contributed by atoms with Crippen molar-refractivity contribution in [2.24, 2.45) is 5.92 Å².